The Hall–Kier alpha value is -0.450. The first-order valence-electron chi connectivity index (χ1n) is 9.22. The third-order valence-electron chi connectivity index (χ3n) is 5.18. The predicted octanol–water partition coefficient (Wildman–Crippen LogP) is 4.85. The number of carbonyl (C=O) groups is 1. The summed E-state index contributed by atoms with van der Waals surface area (Å²) in [6, 6.07) is 13.8. The standard InChI is InChI=1S/C21H26ClI2N3O/c1-15(13-23)27(16(2)14-24)12-10-21(20(25)28,19-9-5-6-11-26-19)17-7-3-4-8-18(17)22/h3-9,11,15-16H,10,12-14H2,1-2H3,(H2,25,28). The van der Waals surface area contributed by atoms with Gasteiger partial charge < -0.3 is 5.73 Å². The Balaban J connectivity index is 2.55. The van der Waals surface area contributed by atoms with Gasteiger partial charge in [-0.25, -0.2) is 0 Å². The molecule has 3 atom stereocenters. The topological polar surface area (TPSA) is 59.2 Å². The van der Waals surface area contributed by atoms with Crippen LogP contribution >= 0.6 is 56.8 Å². The van der Waals surface area contributed by atoms with Gasteiger partial charge in [0.05, 0.1) is 5.69 Å². The van der Waals surface area contributed by atoms with Crippen LogP contribution in [0.5, 0.6) is 0 Å². The maximum atomic E-state index is 13.0. The van der Waals surface area contributed by atoms with E-state index in [4.69, 9.17) is 17.3 Å². The molecule has 0 bridgehead atoms. The number of alkyl halides is 2. The monoisotopic (exact) mass is 625 g/mol. The Morgan fingerprint density at radius 3 is 2.25 bits per heavy atom. The van der Waals surface area contributed by atoms with E-state index in [1.807, 2.05) is 36.4 Å². The quantitative estimate of drug-likeness (QED) is 0.304. The fourth-order valence-corrected chi connectivity index (χ4v) is 4.86. The van der Waals surface area contributed by atoms with Gasteiger partial charge >= 0.3 is 0 Å². The highest BCUT2D eigenvalue weighted by Crippen LogP contribution is 2.39. The number of nitrogens with zero attached hydrogens (tertiary/aromatic N) is 2. The summed E-state index contributed by atoms with van der Waals surface area (Å²) in [6.45, 7) is 5.16. The second-order valence-electron chi connectivity index (χ2n) is 6.96. The van der Waals surface area contributed by atoms with Crippen LogP contribution in [0.4, 0.5) is 0 Å². The molecule has 4 nitrogen and oxygen atoms in total. The van der Waals surface area contributed by atoms with E-state index >= 15 is 0 Å². The van der Waals surface area contributed by atoms with Crippen molar-refractivity contribution in [3.05, 3.63) is 64.9 Å². The zero-order valence-electron chi connectivity index (χ0n) is 16.1. The molecule has 1 aromatic heterocycles. The van der Waals surface area contributed by atoms with Crippen LogP contribution in [0.25, 0.3) is 0 Å². The number of rotatable bonds is 10. The summed E-state index contributed by atoms with van der Waals surface area (Å²) >= 11 is 11.4. The number of carbonyl (C=O) groups excluding carboxylic acids is 1. The van der Waals surface area contributed by atoms with Crippen molar-refractivity contribution in [2.75, 3.05) is 15.4 Å². The van der Waals surface area contributed by atoms with Gasteiger partial charge in [-0.3, -0.25) is 14.7 Å². The molecule has 2 N–H and O–H groups in total. The van der Waals surface area contributed by atoms with Gasteiger partial charge in [-0.1, -0.05) is 81.0 Å². The van der Waals surface area contributed by atoms with E-state index < -0.39 is 11.3 Å². The molecular weight excluding hydrogens is 600 g/mol. The minimum Gasteiger partial charge on any atom is -0.369 e. The molecule has 2 aromatic rings. The summed E-state index contributed by atoms with van der Waals surface area (Å²) in [6.07, 6.45) is 2.22. The highest BCUT2D eigenvalue weighted by Gasteiger charge is 2.43. The Morgan fingerprint density at radius 1 is 1.14 bits per heavy atom. The molecule has 28 heavy (non-hydrogen) atoms. The van der Waals surface area contributed by atoms with Crippen LogP contribution in [0.2, 0.25) is 5.02 Å². The van der Waals surface area contributed by atoms with E-state index in [1.165, 1.54) is 0 Å². The van der Waals surface area contributed by atoms with Crippen molar-refractivity contribution in [2.24, 2.45) is 5.73 Å². The molecular formula is C21H26ClI2N3O. The number of amides is 1. The number of aromatic nitrogens is 1. The molecule has 7 heteroatoms. The summed E-state index contributed by atoms with van der Waals surface area (Å²) in [5, 5.41) is 0.530. The molecule has 2 rings (SSSR count). The number of primary amides is 1. The first-order chi connectivity index (χ1) is 13.4. The van der Waals surface area contributed by atoms with Crippen molar-refractivity contribution in [1.29, 1.82) is 0 Å². The lowest BCUT2D eigenvalue weighted by Gasteiger charge is -2.38. The largest absolute Gasteiger partial charge is 0.369 e. The fourth-order valence-electron chi connectivity index (χ4n) is 3.55. The average molecular weight is 626 g/mol. The van der Waals surface area contributed by atoms with Gasteiger partial charge in [0.25, 0.3) is 0 Å². The van der Waals surface area contributed by atoms with Crippen molar-refractivity contribution in [3.63, 3.8) is 0 Å². The van der Waals surface area contributed by atoms with Gasteiger partial charge in [0.15, 0.2) is 0 Å². The van der Waals surface area contributed by atoms with Gasteiger partial charge in [0.1, 0.15) is 5.41 Å². The molecule has 0 saturated carbocycles. The van der Waals surface area contributed by atoms with E-state index in [0.717, 1.165) is 15.4 Å². The molecule has 0 aliphatic heterocycles. The van der Waals surface area contributed by atoms with Crippen molar-refractivity contribution in [1.82, 2.24) is 9.88 Å². The molecule has 0 radical (unpaired) electrons. The van der Waals surface area contributed by atoms with E-state index in [1.54, 1.807) is 12.3 Å². The van der Waals surface area contributed by atoms with Crippen molar-refractivity contribution in [3.8, 4) is 0 Å². The first kappa shape index (κ1) is 23.8. The molecule has 0 saturated heterocycles. The smallest absolute Gasteiger partial charge is 0.234 e. The lowest BCUT2D eigenvalue weighted by Crippen LogP contribution is -2.49. The minimum absolute atomic E-state index is 0.394. The van der Waals surface area contributed by atoms with Crippen LogP contribution in [0.1, 0.15) is 31.5 Å². The molecule has 1 aromatic carbocycles. The van der Waals surface area contributed by atoms with Crippen LogP contribution in [0.3, 0.4) is 0 Å². The number of nitrogens with two attached hydrogens (primary N) is 1. The molecule has 0 fully saturated rings. The van der Waals surface area contributed by atoms with Crippen LogP contribution in [-0.2, 0) is 10.2 Å². The van der Waals surface area contributed by atoms with Crippen LogP contribution in [0.15, 0.2) is 48.7 Å². The second-order valence-corrected chi connectivity index (χ2v) is 9.13. The van der Waals surface area contributed by atoms with Gasteiger partial charge in [0, 0.05) is 38.7 Å². The molecule has 0 spiro atoms. The molecule has 0 aliphatic carbocycles. The van der Waals surface area contributed by atoms with Crippen LogP contribution in [0, 0.1) is 0 Å². The van der Waals surface area contributed by atoms with Gasteiger partial charge in [-0.15, -0.1) is 0 Å². The highest BCUT2D eigenvalue weighted by atomic mass is 127. The number of hydrogen-bond acceptors (Lipinski definition) is 3. The zero-order chi connectivity index (χ0) is 20.7. The predicted molar refractivity (Wildman–Crippen MR) is 134 cm³/mol. The number of hydrogen-bond donors (Lipinski definition) is 1. The Morgan fingerprint density at radius 2 is 1.75 bits per heavy atom. The van der Waals surface area contributed by atoms with Crippen molar-refractivity contribution >= 4 is 62.7 Å². The SMILES string of the molecule is CC(CI)N(CCC(C(N)=O)(c1ccccn1)c1ccccc1Cl)C(C)CI. The minimum atomic E-state index is -1.08. The number of benzene rings is 1. The highest BCUT2D eigenvalue weighted by molar-refractivity contribution is 14.1. The summed E-state index contributed by atoms with van der Waals surface area (Å²) in [5.74, 6) is -0.427. The lowest BCUT2D eigenvalue weighted by atomic mass is 9.73. The molecule has 152 valence electrons. The lowest BCUT2D eigenvalue weighted by molar-refractivity contribution is -0.122. The molecule has 0 aliphatic rings. The van der Waals surface area contributed by atoms with Crippen molar-refractivity contribution < 1.29 is 4.79 Å². The molecule has 3 unspecified atom stereocenters. The summed E-state index contributed by atoms with van der Waals surface area (Å²) in [4.78, 5) is 19.9. The second kappa shape index (κ2) is 11.1. The summed E-state index contributed by atoms with van der Waals surface area (Å²) in [7, 11) is 0. The Labute approximate surface area is 199 Å². The normalized spacial score (nSPS) is 15.8. The maximum Gasteiger partial charge on any atom is 0.234 e. The third-order valence-corrected chi connectivity index (χ3v) is 8.06. The first-order valence-corrected chi connectivity index (χ1v) is 12.7. The Bertz CT molecular complexity index is 767. The van der Waals surface area contributed by atoms with Gasteiger partial charge in [-0.2, -0.15) is 0 Å². The molecule has 1 heterocycles. The van der Waals surface area contributed by atoms with Gasteiger partial charge in [-0.05, 0) is 44.0 Å². The van der Waals surface area contributed by atoms with E-state index in [0.29, 0.717) is 34.8 Å². The summed E-state index contributed by atoms with van der Waals surface area (Å²) in [5.41, 5.74) is 6.33. The Kier molecular flexibility index (Phi) is 9.43. The van der Waals surface area contributed by atoms with Crippen LogP contribution < -0.4 is 5.73 Å². The fraction of sp³-hybridized carbons (Fsp3) is 0.429. The van der Waals surface area contributed by atoms with E-state index in [-0.39, 0.29) is 0 Å². The third kappa shape index (κ3) is 5.17. The number of halogens is 3. The molecule has 1 amide bonds. The van der Waals surface area contributed by atoms with E-state index in [2.05, 4.69) is 68.9 Å². The maximum absolute atomic E-state index is 13.0. The average Bonchev–Trinajstić information content (AvgIpc) is 2.71. The van der Waals surface area contributed by atoms with Gasteiger partial charge in [0.2, 0.25) is 5.91 Å². The van der Waals surface area contributed by atoms with E-state index in [9.17, 15) is 4.79 Å². The van der Waals surface area contributed by atoms with Crippen LogP contribution in [-0.4, -0.2) is 43.3 Å². The number of pyridine rings is 1. The van der Waals surface area contributed by atoms with Crippen molar-refractivity contribution in [2.45, 2.75) is 37.8 Å². The zero-order valence-corrected chi connectivity index (χ0v) is 21.2. The summed E-state index contributed by atoms with van der Waals surface area (Å²) < 4.78 is 2.02.